The Hall–Kier alpha value is -1.94. The van der Waals surface area contributed by atoms with E-state index in [0.29, 0.717) is 5.95 Å². The van der Waals surface area contributed by atoms with Crippen LogP contribution in [-0.4, -0.2) is 15.8 Å². The third-order valence-corrected chi connectivity index (χ3v) is 3.95. The van der Waals surface area contributed by atoms with E-state index in [1.165, 1.54) is 10.5 Å². The van der Waals surface area contributed by atoms with E-state index in [-0.39, 0.29) is 0 Å². The predicted molar refractivity (Wildman–Crippen MR) is 82.0 cm³/mol. The minimum Gasteiger partial charge on any atom is -0.369 e. The summed E-state index contributed by atoms with van der Waals surface area (Å²) in [7, 11) is 0. The number of nitrogen functional groups attached to an aromatic ring is 1. The SMILES string of the molecule is CSc1ccccc1-n1c(N)nc2ccc(C)cc21. The number of nitrogens with two attached hydrogens (primary N) is 1. The average Bonchev–Trinajstić information content (AvgIpc) is 2.74. The van der Waals surface area contributed by atoms with Crippen LogP contribution in [0.3, 0.4) is 0 Å². The van der Waals surface area contributed by atoms with Crippen molar-refractivity contribution in [3.63, 3.8) is 0 Å². The van der Waals surface area contributed by atoms with E-state index in [1.54, 1.807) is 11.8 Å². The number of benzene rings is 2. The van der Waals surface area contributed by atoms with Gasteiger partial charge in [0, 0.05) is 4.90 Å². The second-order valence-corrected chi connectivity index (χ2v) is 5.32. The summed E-state index contributed by atoms with van der Waals surface area (Å²) in [5, 5.41) is 0. The van der Waals surface area contributed by atoms with Crippen LogP contribution in [0.5, 0.6) is 0 Å². The molecule has 1 aromatic heterocycles. The van der Waals surface area contributed by atoms with E-state index >= 15 is 0 Å². The molecule has 0 saturated carbocycles. The van der Waals surface area contributed by atoms with E-state index in [1.807, 2.05) is 22.8 Å². The van der Waals surface area contributed by atoms with Gasteiger partial charge in [-0.3, -0.25) is 4.57 Å². The van der Waals surface area contributed by atoms with E-state index in [9.17, 15) is 0 Å². The first-order valence-corrected chi connectivity index (χ1v) is 7.31. The van der Waals surface area contributed by atoms with Gasteiger partial charge in [0.25, 0.3) is 0 Å². The highest BCUT2D eigenvalue weighted by atomic mass is 32.2. The lowest BCUT2D eigenvalue weighted by Crippen LogP contribution is -2.01. The molecular formula is C15H15N3S. The minimum atomic E-state index is 0.530. The number of rotatable bonds is 2. The zero-order valence-corrected chi connectivity index (χ0v) is 11.7. The molecule has 0 saturated heterocycles. The molecule has 3 rings (SSSR count). The lowest BCUT2D eigenvalue weighted by Gasteiger charge is -2.10. The Kier molecular flexibility index (Phi) is 2.95. The van der Waals surface area contributed by atoms with E-state index in [2.05, 4.69) is 42.4 Å². The summed E-state index contributed by atoms with van der Waals surface area (Å²) in [4.78, 5) is 5.63. The van der Waals surface area contributed by atoms with Gasteiger partial charge >= 0.3 is 0 Å². The summed E-state index contributed by atoms with van der Waals surface area (Å²) in [6, 6.07) is 14.4. The van der Waals surface area contributed by atoms with Gasteiger partial charge in [0.2, 0.25) is 5.95 Å². The molecular weight excluding hydrogens is 254 g/mol. The number of aryl methyl sites for hydroxylation is 1. The fourth-order valence-corrected chi connectivity index (χ4v) is 2.85. The zero-order valence-electron chi connectivity index (χ0n) is 10.9. The Morgan fingerprint density at radius 1 is 1.16 bits per heavy atom. The quantitative estimate of drug-likeness (QED) is 0.722. The van der Waals surface area contributed by atoms with Crippen LogP contribution in [0.2, 0.25) is 0 Å². The van der Waals surface area contributed by atoms with Crippen molar-refractivity contribution in [2.24, 2.45) is 0 Å². The highest BCUT2D eigenvalue weighted by Gasteiger charge is 2.12. The van der Waals surface area contributed by atoms with Gasteiger partial charge in [-0.2, -0.15) is 0 Å². The van der Waals surface area contributed by atoms with E-state index < -0.39 is 0 Å². The molecule has 1 heterocycles. The number of aromatic nitrogens is 2. The van der Waals surface area contributed by atoms with Crippen molar-refractivity contribution in [1.82, 2.24) is 9.55 Å². The van der Waals surface area contributed by atoms with Gasteiger partial charge in [-0.05, 0) is 43.0 Å². The number of fused-ring (bicyclic) bond motifs is 1. The summed E-state index contributed by atoms with van der Waals surface area (Å²) >= 11 is 1.71. The van der Waals surface area contributed by atoms with Gasteiger partial charge in [-0.15, -0.1) is 11.8 Å². The fraction of sp³-hybridized carbons (Fsp3) is 0.133. The second kappa shape index (κ2) is 4.63. The number of nitrogens with zero attached hydrogens (tertiary/aromatic N) is 2. The zero-order chi connectivity index (χ0) is 13.4. The number of anilines is 1. The van der Waals surface area contributed by atoms with Gasteiger partial charge in [0.05, 0.1) is 16.7 Å². The third kappa shape index (κ3) is 1.98. The fourth-order valence-electron chi connectivity index (χ4n) is 2.27. The van der Waals surface area contributed by atoms with Crippen LogP contribution in [0, 0.1) is 6.92 Å². The monoisotopic (exact) mass is 269 g/mol. The minimum absolute atomic E-state index is 0.530. The maximum Gasteiger partial charge on any atom is 0.205 e. The molecule has 96 valence electrons. The Balaban J connectivity index is 2.35. The third-order valence-electron chi connectivity index (χ3n) is 3.16. The summed E-state index contributed by atoms with van der Waals surface area (Å²) in [6.07, 6.45) is 2.07. The molecule has 2 N–H and O–H groups in total. The number of hydrogen-bond acceptors (Lipinski definition) is 3. The van der Waals surface area contributed by atoms with Crippen LogP contribution in [0.25, 0.3) is 16.7 Å². The Morgan fingerprint density at radius 3 is 2.74 bits per heavy atom. The standard InChI is InChI=1S/C15H15N3S/c1-10-7-8-11-13(9-10)18(15(16)17-11)12-5-3-4-6-14(12)19-2/h3-9H,1-2H3,(H2,16,17). The van der Waals surface area contributed by atoms with Gasteiger partial charge in [-0.25, -0.2) is 4.98 Å². The van der Waals surface area contributed by atoms with Crippen molar-refractivity contribution in [1.29, 1.82) is 0 Å². The molecule has 0 atom stereocenters. The normalized spacial score (nSPS) is 11.1. The molecule has 4 heteroatoms. The smallest absolute Gasteiger partial charge is 0.205 e. The van der Waals surface area contributed by atoms with Crippen molar-refractivity contribution in [3.05, 3.63) is 48.0 Å². The first kappa shape index (κ1) is 12.1. The number of para-hydroxylation sites is 1. The maximum atomic E-state index is 6.10. The molecule has 0 unspecified atom stereocenters. The number of imidazole rings is 1. The van der Waals surface area contributed by atoms with E-state index in [0.717, 1.165) is 16.7 Å². The molecule has 0 spiro atoms. The molecule has 0 amide bonds. The van der Waals surface area contributed by atoms with Crippen LogP contribution in [0.4, 0.5) is 5.95 Å². The summed E-state index contributed by atoms with van der Waals surface area (Å²) in [6.45, 7) is 2.08. The van der Waals surface area contributed by atoms with Crippen molar-refractivity contribution < 1.29 is 0 Å². The lowest BCUT2D eigenvalue weighted by atomic mass is 10.2. The Labute approximate surface area is 116 Å². The van der Waals surface area contributed by atoms with Crippen LogP contribution < -0.4 is 5.73 Å². The molecule has 0 aliphatic heterocycles. The topological polar surface area (TPSA) is 43.8 Å². The molecule has 0 aliphatic rings. The lowest BCUT2D eigenvalue weighted by molar-refractivity contribution is 1.07. The summed E-state index contributed by atoms with van der Waals surface area (Å²) in [5.74, 6) is 0.530. The molecule has 0 aliphatic carbocycles. The molecule has 0 bridgehead atoms. The van der Waals surface area contributed by atoms with Gasteiger partial charge in [-0.1, -0.05) is 18.2 Å². The molecule has 19 heavy (non-hydrogen) atoms. The van der Waals surface area contributed by atoms with Crippen molar-refractivity contribution >= 4 is 28.7 Å². The largest absolute Gasteiger partial charge is 0.369 e. The van der Waals surface area contributed by atoms with E-state index in [4.69, 9.17) is 5.73 Å². The predicted octanol–water partition coefficient (Wildman–Crippen LogP) is 3.64. The van der Waals surface area contributed by atoms with Crippen LogP contribution in [-0.2, 0) is 0 Å². The Bertz CT molecular complexity index is 746. The first-order valence-electron chi connectivity index (χ1n) is 6.08. The van der Waals surface area contributed by atoms with Crippen molar-refractivity contribution in [3.8, 4) is 5.69 Å². The molecule has 3 aromatic rings. The van der Waals surface area contributed by atoms with Crippen molar-refractivity contribution in [2.75, 3.05) is 12.0 Å². The van der Waals surface area contributed by atoms with Crippen molar-refractivity contribution in [2.45, 2.75) is 11.8 Å². The molecule has 3 nitrogen and oxygen atoms in total. The average molecular weight is 269 g/mol. The van der Waals surface area contributed by atoms with Crippen LogP contribution in [0.15, 0.2) is 47.4 Å². The Morgan fingerprint density at radius 2 is 1.95 bits per heavy atom. The molecule has 0 radical (unpaired) electrons. The molecule has 0 fully saturated rings. The van der Waals surface area contributed by atoms with Gasteiger partial charge < -0.3 is 5.73 Å². The van der Waals surface area contributed by atoms with Crippen LogP contribution >= 0.6 is 11.8 Å². The summed E-state index contributed by atoms with van der Waals surface area (Å²) in [5.41, 5.74) is 10.4. The maximum absolute atomic E-state index is 6.10. The van der Waals surface area contributed by atoms with Gasteiger partial charge in [0.1, 0.15) is 0 Å². The highest BCUT2D eigenvalue weighted by Crippen LogP contribution is 2.29. The highest BCUT2D eigenvalue weighted by molar-refractivity contribution is 7.98. The number of thioether (sulfide) groups is 1. The van der Waals surface area contributed by atoms with Gasteiger partial charge in [0.15, 0.2) is 0 Å². The summed E-state index contributed by atoms with van der Waals surface area (Å²) < 4.78 is 2.02. The second-order valence-electron chi connectivity index (χ2n) is 4.47. The molecule has 2 aromatic carbocycles. The first-order chi connectivity index (χ1) is 9.20. The van der Waals surface area contributed by atoms with Crippen LogP contribution in [0.1, 0.15) is 5.56 Å². The number of hydrogen-bond donors (Lipinski definition) is 1.